The van der Waals surface area contributed by atoms with Crippen molar-refractivity contribution >= 4 is 17.4 Å². The van der Waals surface area contributed by atoms with Crippen LogP contribution in [0.15, 0.2) is 12.4 Å². The summed E-state index contributed by atoms with van der Waals surface area (Å²) in [5, 5.41) is 4.18. The number of halogens is 1. The highest BCUT2D eigenvalue weighted by Gasteiger charge is 2.15. The van der Waals surface area contributed by atoms with E-state index >= 15 is 0 Å². The molecule has 4 nitrogen and oxygen atoms in total. The summed E-state index contributed by atoms with van der Waals surface area (Å²) >= 11 is 5.48. The lowest BCUT2D eigenvalue weighted by Crippen LogP contribution is -2.20. The molecule has 0 bridgehead atoms. The third-order valence-electron chi connectivity index (χ3n) is 2.86. The molecule has 0 amide bonds. The van der Waals surface area contributed by atoms with E-state index in [1.165, 1.54) is 0 Å². The highest BCUT2D eigenvalue weighted by molar-refractivity contribution is 6.30. The van der Waals surface area contributed by atoms with Crippen LogP contribution in [0.5, 0.6) is 0 Å². The van der Waals surface area contributed by atoms with Crippen molar-refractivity contribution in [2.45, 2.75) is 19.4 Å². The second kappa shape index (κ2) is 5.46. The number of aromatic nitrogens is 2. The predicted octanol–water partition coefficient (Wildman–Crippen LogP) is 1.73. The molecule has 2 rings (SSSR count). The van der Waals surface area contributed by atoms with Crippen LogP contribution in [-0.2, 0) is 11.3 Å². The van der Waals surface area contributed by atoms with Crippen molar-refractivity contribution in [1.29, 1.82) is 0 Å². The van der Waals surface area contributed by atoms with Crippen LogP contribution in [-0.4, -0.2) is 34.7 Å². The summed E-state index contributed by atoms with van der Waals surface area (Å²) in [7, 11) is 0. The molecule has 0 spiro atoms. The Hall–Kier alpha value is -0.870. The number of alkyl halides is 1. The van der Waals surface area contributed by atoms with Crippen LogP contribution in [0.1, 0.15) is 23.2 Å². The van der Waals surface area contributed by atoms with Gasteiger partial charge in [0.2, 0.25) is 0 Å². The zero-order chi connectivity index (χ0) is 11.4. The number of nitrogens with zero attached hydrogens (tertiary/aromatic N) is 2. The molecule has 0 saturated carbocycles. The van der Waals surface area contributed by atoms with Gasteiger partial charge in [0.25, 0.3) is 0 Å². The third-order valence-corrected chi connectivity index (χ3v) is 3.11. The lowest BCUT2D eigenvalue weighted by molar-refractivity contribution is 0.0601. The van der Waals surface area contributed by atoms with Crippen molar-refractivity contribution in [1.82, 2.24) is 9.78 Å². The van der Waals surface area contributed by atoms with E-state index in [0.717, 1.165) is 32.6 Å². The zero-order valence-electron chi connectivity index (χ0n) is 9.06. The van der Waals surface area contributed by atoms with E-state index in [-0.39, 0.29) is 11.7 Å². The van der Waals surface area contributed by atoms with Gasteiger partial charge in [0.15, 0.2) is 5.78 Å². The largest absolute Gasteiger partial charge is 0.381 e. The summed E-state index contributed by atoms with van der Waals surface area (Å²) in [5.41, 5.74) is 0.599. The molecule has 1 fully saturated rings. The molecule has 0 unspecified atom stereocenters. The van der Waals surface area contributed by atoms with E-state index in [0.29, 0.717) is 11.5 Å². The predicted molar refractivity (Wildman–Crippen MR) is 60.8 cm³/mol. The van der Waals surface area contributed by atoms with Crippen LogP contribution < -0.4 is 0 Å². The van der Waals surface area contributed by atoms with Gasteiger partial charge in [-0.15, -0.1) is 11.6 Å². The average molecular weight is 243 g/mol. The van der Waals surface area contributed by atoms with E-state index in [1.54, 1.807) is 12.4 Å². The van der Waals surface area contributed by atoms with Gasteiger partial charge in [-0.2, -0.15) is 5.10 Å². The zero-order valence-corrected chi connectivity index (χ0v) is 9.82. The first-order valence-electron chi connectivity index (χ1n) is 5.49. The topological polar surface area (TPSA) is 44.1 Å². The van der Waals surface area contributed by atoms with Gasteiger partial charge in [0.05, 0.1) is 17.6 Å². The molecule has 2 heterocycles. The molecule has 0 aliphatic carbocycles. The monoisotopic (exact) mass is 242 g/mol. The summed E-state index contributed by atoms with van der Waals surface area (Å²) in [5.74, 6) is 0.552. The number of carbonyl (C=O) groups is 1. The smallest absolute Gasteiger partial charge is 0.180 e. The lowest BCUT2D eigenvalue weighted by atomic mass is 10.0. The molecule has 0 radical (unpaired) electrons. The minimum Gasteiger partial charge on any atom is -0.381 e. The summed E-state index contributed by atoms with van der Waals surface area (Å²) in [6.45, 7) is 2.53. The van der Waals surface area contributed by atoms with Crippen molar-refractivity contribution in [2.75, 3.05) is 19.1 Å². The van der Waals surface area contributed by atoms with Gasteiger partial charge in [-0.3, -0.25) is 9.48 Å². The third kappa shape index (κ3) is 2.83. The Morgan fingerprint density at radius 3 is 3.00 bits per heavy atom. The van der Waals surface area contributed by atoms with Gasteiger partial charge in [0.1, 0.15) is 0 Å². The standard InChI is InChI=1S/C11H15ClN2O2/c12-5-11(15)10-6-13-14(8-10)7-9-1-3-16-4-2-9/h6,8-9H,1-5,7H2. The van der Waals surface area contributed by atoms with Crippen molar-refractivity contribution in [3.05, 3.63) is 18.0 Å². The van der Waals surface area contributed by atoms with Crippen LogP contribution in [0.4, 0.5) is 0 Å². The van der Waals surface area contributed by atoms with E-state index < -0.39 is 0 Å². The normalized spacial score (nSPS) is 17.6. The van der Waals surface area contributed by atoms with Gasteiger partial charge >= 0.3 is 0 Å². The van der Waals surface area contributed by atoms with Crippen LogP contribution in [0.2, 0.25) is 0 Å². The van der Waals surface area contributed by atoms with Crippen LogP contribution in [0.25, 0.3) is 0 Å². The number of Topliss-reactive ketones (excluding diaryl/α,β-unsaturated/α-hetero) is 1. The highest BCUT2D eigenvalue weighted by Crippen LogP contribution is 2.16. The highest BCUT2D eigenvalue weighted by atomic mass is 35.5. The molecule has 1 aromatic rings. The fourth-order valence-electron chi connectivity index (χ4n) is 1.88. The number of hydrogen-bond donors (Lipinski definition) is 0. The quantitative estimate of drug-likeness (QED) is 0.597. The Morgan fingerprint density at radius 1 is 1.56 bits per heavy atom. The first-order chi connectivity index (χ1) is 7.79. The van der Waals surface area contributed by atoms with Gasteiger partial charge in [-0.25, -0.2) is 0 Å². The molecule has 0 N–H and O–H groups in total. The fraction of sp³-hybridized carbons (Fsp3) is 0.636. The molecule has 5 heteroatoms. The number of rotatable bonds is 4. The molecule has 88 valence electrons. The number of ketones is 1. The molecule has 0 atom stereocenters. The maximum absolute atomic E-state index is 11.3. The Balaban J connectivity index is 1.94. The van der Waals surface area contributed by atoms with Gasteiger partial charge in [-0.1, -0.05) is 0 Å². The van der Waals surface area contributed by atoms with Crippen molar-refractivity contribution in [2.24, 2.45) is 5.92 Å². The van der Waals surface area contributed by atoms with Crippen molar-refractivity contribution in [3.63, 3.8) is 0 Å². The number of carbonyl (C=O) groups excluding carboxylic acids is 1. The number of ether oxygens (including phenoxy) is 1. The fourth-order valence-corrected chi connectivity index (χ4v) is 2.03. The van der Waals surface area contributed by atoms with Gasteiger partial charge < -0.3 is 4.74 Å². The van der Waals surface area contributed by atoms with E-state index in [4.69, 9.17) is 16.3 Å². The Kier molecular flexibility index (Phi) is 3.96. The van der Waals surface area contributed by atoms with Gasteiger partial charge in [-0.05, 0) is 18.8 Å². The second-order valence-electron chi connectivity index (χ2n) is 4.06. The number of hydrogen-bond acceptors (Lipinski definition) is 3. The van der Waals surface area contributed by atoms with E-state index in [1.807, 2.05) is 4.68 Å². The minimum atomic E-state index is -0.0695. The minimum absolute atomic E-state index is 0.0168. The first kappa shape index (κ1) is 11.6. The molecule has 1 aromatic heterocycles. The summed E-state index contributed by atoms with van der Waals surface area (Å²) in [4.78, 5) is 11.3. The first-order valence-corrected chi connectivity index (χ1v) is 6.02. The average Bonchev–Trinajstić information content (AvgIpc) is 2.78. The van der Waals surface area contributed by atoms with Crippen LogP contribution in [0, 0.1) is 5.92 Å². The molecule has 1 aliphatic heterocycles. The van der Waals surface area contributed by atoms with Crippen molar-refractivity contribution < 1.29 is 9.53 Å². The maximum Gasteiger partial charge on any atom is 0.180 e. The van der Waals surface area contributed by atoms with E-state index in [2.05, 4.69) is 5.10 Å². The molecule has 1 saturated heterocycles. The van der Waals surface area contributed by atoms with E-state index in [9.17, 15) is 4.79 Å². The van der Waals surface area contributed by atoms with Crippen LogP contribution >= 0.6 is 11.6 Å². The Bertz CT molecular complexity index is 359. The van der Waals surface area contributed by atoms with Crippen LogP contribution in [0.3, 0.4) is 0 Å². The molecule has 16 heavy (non-hydrogen) atoms. The van der Waals surface area contributed by atoms with Gasteiger partial charge in [0, 0.05) is 26.0 Å². The molecular formula is C11H15ClN2O2. The molecular weight excluding hydrogens is 228 g/mol. The molecule has 0 aromatic carbocycles. The maximum atomic E-state index is 11.3. The second-order valence-corrected chi connectivity index (χ2v) is 4.33. The molecule has 1 aliphatic rings. The summed E-state index contributed by atoms with van der Waals surface area (Å²) in [6, 6.07) is 0. The lowest BCUT2D eigenvalue weighted by Gasteiger charge is -2.21. The SMILES string of the molecule is O=C(CCl)c1cnn(CC2CCOCC2)c1. The summed E-state index contributed by atoms with van der Waals surface area (Å²) in [6.07, 6.45) is 5.50. The Morgan fingerprint density at radius 2 is 2.31 bits per heavy atom. The summed E-state index contributed by atoms with van der Waals surface area (Å²) < 4.78 is 7.13. The van der Waals surface area contributed by atoms with Crippen molar-refractivity contribution in [3.8, 4) is 0 Å². The Labute approximate surface area is 99.5 Å².